The summed E-state index contributed by atoms with van der Waals surface area (Å²) >= 11 is 0. The summed E-state index contributed by atoms with van der Waals surface area (Å²) in [7, 11) is 0. The highest BCUT2D eigenvalue weighted by molar-refractivity contribution is 6.00. The quantitative estimate of drug-likeness (QED) is 0.796. The molecule has 28 heavy (non-hydrogen) atoms. The van der Waals surface area contributed by atoms with E-state index in [-0.39, 0.29) is 36.2 Å². The molecule has 1 aliphatic rings. The van der Waals surface area contributed by atoms with Crippen LogP contribution in [0.15, 0.2) is 54.6 Å². The van der Waals surface area contributed by atoms with Crippen molar-refractivity contribution in [3.8, 4) is 5.75 Å². The van der Waals surface area contributed by atoms with Gasteiger partial charge in [0.25, 0.3) is 0 Å². The number of anilines is 1. The Bertz CT molecular complexity index is 802. The van der Waals surface area contributed by atoms with E-state index in [4.69, 9.17) is 4.74 Å². The van der Waals surface area contributed by atoms with Gasteiger partial charge in [0.05, 0.1) is 12.0 Å². The van der Waals surface area contributed by atoms with Crippen molar-refractivity contribution >= 4 is 17.5 Å². The molecular formula is C23H28N2O3. The van der Waals surface area contributed by atoms with Gasteiger partial charge in [-0.2, -0.15) is 0 Å². The summed E-state index contributed by atoms with van der Waals surface area (Å²) in [5, 5.41) is 3.01. The highest BCUT2D eigenvalue weighted by Gasteiger charge is 2.35. The van der Waals surface area contributed by atoms with Gasteiger partial charge < -0.3 is 15.0 Å². The van der Waals surface area contributed by atoms with Crippen LogP contribution in [0.5, 0.6) is 5.75 Å². The van der Waals surface area contributed by atoms with Crippen molar-refractivity contribution in [2.24, 2.45) is 5.92 Å². The topological polar surface area (TPSA) is 58.6 Å². The molecule has 0 aromatic heterocycles. The Kier molecular flexibility index (Phi) is 6.34. The Hall–Kier alpha value is -2.82. The van der Waals surface area contributed by atoms with Crippen LogP contribution in [0.4, 0.5) is 5.69 Å². The molecule has 1 heterocycles. The maximum Gasteiger partial charge on any atom is 0.227 e. The molecule has 148 valence electrons. The Morgan fingerprint density at radius 3 is 2.43 bits per heavy atom. The number of hydrogen-bond acceptors (Lipinski definition) is 3. The highest BCUT2D eigenvalue weighted by atomic mass is 16.5. The number of ether oxygens (including phenoxy) is 1. The van der Waals surface area contributed by atoms with Crippen LogP contribution >= 0.6 is 0 Å². The molecule has 0 bridgehead atoms. The summed E-state index contributed by atoms with van der Waals surface area (Å²) in [6.45, 7) is 7.01. The molecule has 1 fully saturated rings. The fraction of sp³-hybridized carbons (Fsp3) is 0.391. The van der Waals surface area contributed by atoms with Crippen LogP contribution in [-0.4, -0.2) is 31.0 Å². The molecule has 2 aromatic carbocycles. The lowest BCUT2D eigenvalue weighted by atomic mass is 10.0. The first-order valence-corrected chi connectivity index (χ1v) is 9.83. The van der Waals surface area contributed by atoms with Gasteiger partial charge in [0, 0.05) is 25.2 Å². The van der Waals surface area contributed by atoms with Crippen LogP contribution in [-0.2, 0) is 9.59 Å². The first-order valence-electron chi connectivity index (χ1n) is 9.83. The van der Waals surface area contributed by atoms with Crippen LogP contribution in [0.2, 0.25) is 0 Å². The van der Waals surface area contributed by atoms with Gasteiger partial charge in [-0.25, -0.2) is 0 Å². The smallest absolute Gasteiger partial charge is 0.227 e. The van der Waals surface area contributed by atoms with Crippen molar-refractivity contribution < 1.29 is 14.3 Å². The van der Waals surface area contributed by atoms with E-state index >= 15 is 0 Å². The van der Waals surface area contributed by atoms with Gasteiger partial charge in [-0.15, -0.1) is 0 Å². The highest BCUT2D eigenvalue weighted by Crippen LogP contribution is 2.27. The number of carbonyl (C=O) groups excluding carboxylic acids is 2. The van der Waals surface area contributed by atoms with Crippen molar-refractivity contribution in [3.05, 3.63) is 60.2 Å². The fourth-order valence-electron chi connectivity index (χ4n) is 3.41. The maximum absolute atomic E-state index is 12.6. The Balaban J connectivity index is 1.55. The average Bonchev–Trinajstić information content (AvgIpc) is 3.08. The van der Waals surface area contributed by atoms with E-state index in [0.717, 1.165) is 11.4 Å². The third-order valence-corrected chi connectivity index (χ3v) is 4.97. The van der Waals surface area contributed by atoms with E-state index in [9.17, 15) is 9.59 Å². The van der Waals surface area contributed by atoms with Gasteiger partial charge in [0.15, 0.2) is 0 Å². The molecular weight excluding hydrogens is 352 g/mol. The monoisotopic (exact) mass is 380 g/mol. The predicted molar refractivity (Wildman–Crippen MR) is 111 cm³/mol. The fourth-order valence-corrected chi connectivity index (χ4v) is 3.41. The summed E-state index contributed by atoms with van der Waals surface area (Å²) in [4.78, 5) is 26.7. The maximum atomic E-state index is 12.6. The molecule has 1 N–H and O–H groups in total. The SMILES string of the molecule is CC(C)Oc1ccc(N2CC(C(=O)NCC(C)c3ccccc3)CC2=O)cc1. The lowest BCUT2D eigenvalue weighted by Gasteiger charge is -2.18. The lowest BCUT2D eigenvalue weighted by molar-refractivity contribution is -0.126. The van der Waals surface area contributed by atoms with Gasteiger partial charge in [-0.3, -0.25) is 9.59 Å². The van der Waals surface area contributed by atoms with E-state index in [2.05, 4.69) is 24.4 Å². The normalized spacial score (nSPS) is 17.6. The molecule has 1 saturated heterocycles. The zero-order chi connectivity index (χ0) is 20.1. The molecule has 2 aromatic rings. The average molecular weight is 380 g/mol. The number of amides is 2. The zero-order valence-electron chi connectivity index (χ0n) is 16.7. The molecule has 2 unspecified atom stereocenters. The van der Waals surface area contributed by atoms with E-state index in [1.807, 2.05) is 56.3 Å². The van der Waals surface area contributed by atoms with Crippen molar-refractivity contribution in [2.45, 2.75) is 39.2 Å². The Morgan fingerprint density at radius 2 is 1.79 bits per heavy atom. The number of nitrogens with zero attached hydrogens (tertiary/aromatic N) is 1. The molecule has 0 spiro atoms. The summed E-state index contributed by atoms with van der Waals surface area (Å²) in [6, 6.07) is 17.6. The molecule has 0 saturated carbocycles. The van der Waals surface area contributed by atoms with Crippen LogP contribution in [0.3, 0.4) is 0 Å². The zero-order valence-corrected chi connectivity index (χ0v) is 16.7. The molecule has 2 atom stereocenters. The summed E-state index contributed by atoms with van der Waals surface area (Å²) in [6.07, 6.45) is 0.348. The van der Waals surface area contributed by atoms with Crippen LogP contribution in [0.1, 0.15) is 38.7 Å². The van der Waals surface area contributed by atoms with Crippen LogP contribution < -0.4 is 15.0 Å². The minimum Gasteiger partial charge on any atom is -0.491 e. The number of rotatable bonds is 7. The van der Waals surface area contributed by atoms with E-state index in [0.29, 0.717) is 13.1 Å². The lowest BCUT2D eigenvalue weighted by Crippen LogP contribution is -2.35. The van der Waals surface area contributed by atoms with Gasteiger partial charge in [0.2, 0.25) is 11.8 Å². The minimum atomic E-state index is -0.318. The predicted octanol–water partition coefficient (Wildman–Crippen LogP) is 3.75. The second-order valence-electron chi connectivity index (χ2n) is 7.62. The minimum absolute atomic E-state index is 0.0196. The number of nitrogens with one attached hydrogen (secondary N) is 1. The standard InChI is InChI=1S/C23H28N2O3/c1-16(2)28-21-11-9-20(10-12-21)25-15-19(13-22(25)26)23(27)24-14-17(3)18-7-5-4-6-8-18/h4-12,16-17,19H,13-15H2,1-3H3,(H,24,27). The first kappa shape index (κ1) is 19.9. The Labute approximate surface area is 166 Å². The number of benzene rings is 2. The molecule has 5 heteroatoms. The first-order chi connectivity index (χ1) is 13.4. The molecule has 0 radical (unpaired) electrons. The second kappa shape index (κ2) is 8.91. The molecule has 1 aliphatic heterocycles. The summed E-state index contributed by atoms with van der Waals surface area (Å²) in [5.41, 5.74) is 1.99. The third kappa shape index (κ3) is 4.91. The van der Waals surface area contributed by atoms with Crippen molar-refractivity contribution in [3.63, 3.8) is 0 Å². The number of carbonyl (C=O) groups is 2. The third-order valence-electron chi connectivity index (χ3n) is 4.97. The van der Waals surface area contributed by atoms with Crippen molar-refractivity contribution in [1.29, 1.82) is 0 Å². The summed E-state index contributed by atoms with van der Waals surface area (Å²) in [5.74, 6) is 0.607. The summed E-state index contributed by atoms with van der Waals surface area (Å²) < 4.78 is 5.64. The van der Waals surface area contributed by atoms with Crippen LogP contribution in [0.25, 0.3) is 0 Å². The van der Waals surface area contributed by atoms with Crippen LogP contribution in [0, 0.1) is 5.92 Å². The van der Waals surface area contributed by atoms with E-state index in [1.54, 1.807) is 4.90 Å². The van der Waals surface area contributed by atoms with Crippen molar-refractivity contribution in [2.75, 3.05) is 18.0 Å². The van der Waals surface area contributed by atoms with Gasteiger partial charge in [-0.05, 0) is 49.6 Å². The Morgan fingerprint density at radius 1 is 1.11 bits per heavy atom. The molecule has 3 rings (SSSR count). The van der Waals surface area contributed by atoms with Gasteiger partial charge in [-0.1, -0.05) is 37.3 Å². The van der Waals surface area contributed by atoms with E-state index in [1.165, 1.54) is 5.56 Å². The number of hydrogen-bond donors (Lipinski definition) is 1. The van der Waals surface area contributed by atoms with Crippen molar-refractivity contribution in [1.82, 2.24) is 5.32 Å². The van der Waals surface area contributed by atoms with E-state index < -0.39 is 0 Å². The second-order valence-corrected chi connectivity index (χ2v) is 7.62. The molecule has 2 amide bonds. The molecule has 5 nitrogen and oxygen atoms in total. The van der Waals surface area contributed by atoms with Gasteiger partial charge in [0.1, 0.15) is 5.75 Å². The van der Waals surface area contributed by atoms with Gasteiger partial charge >= 0.3 is 0 Å². The largest absolute Gasteiger partial charge is 0.491 e. The molecule has 0 aliphatic carbocycles.